The molecule has 1 aliphatic carbocycles. The van der Waals surface area contributed by atoms with Crippen molar-refractivity contribution in [1.82, 2.24) is 9.80 Å². The lowest BCUT2D eigenvalue weighted by molar-refractivity contribution is 0.0555. The summed E-state index contributed by atoms with van der Waals surface area (Å²) in [6.07, 6.45) is 8.62. The molecule has 2 unspecified atom stereocenters. The maximum absolute atomic E-state index is 10.2. The van der Waals surface area contributed by atoms with Gasteiger partial charge in [-0.25, -0.2) is 0 Å². The first kappa shape index (κ1) is 15.3. The van der Waals surface area contributed by atoms with Crippen LogP contribution in [0.3, 0.4) is 0 Å². The number of nitrogens with zero attached hydrogens (tertiary/aromatic N) is 2. The number of piperidine rings is 1. The number of rotatable bonds is 4. The molecule has 3 nitrogen and oxygen atoms in total. The van der Waals surface area contributed by atoms with E-state index in [1.54, 1.807) is 0 Å². The second kappa shape index (κ2) is 7.61. The Kier molecular flexibility index (Phi) is 6.11. The molecule has 3 heteroatoms. The van der Waals surface area contributed by atoms with E-state index in [0.29, 0.717) is 5.92 Å². The molecular weight excluding hydrogens is 236 g/mol. The van der Waals surface area contributed by atoms with E-state index in [0.717, 1.165) is 19.0 Å². The van der Waals surface area contributed by atoms with Gasteiger partial charge in [-0.1, -0.05) is 26.2 Å². The molecule has 1 saturated heterocycles. The van der Waals surface area contributed by atoms with E-state index >= 15 is 0 Å². The van der Waals surface area contributed by atoms with Crippen LogP contribution in [0.25, 0.3) is 0 Å². The highest BCUT2D eigenvalue weighted by atomic mass is 16.3. The van der Waals surface area contributed by atoms with Crippen molar-refractivity contribution in [3.05, 3.63) is 0 Å². The molecule has 0 bridgehead atoms. The number of aliphatic hydroxyl groups is 1. The molecule has 2 aliphatic rings. The monoisotopic (exact) mass is 268 g/mol. The molecule has 0 aromatic carbocycles. The number of aliphatic hydroxyl groups excluding tert-OH is 1. The minimum absolute atomic E-state index is 0.0549. The van der Waals surface area contributed by atoms with Gasteiger partial charge in [0, 0.05) is 12.6 Å². The highest BCUT2D eigenvalue weighted by Gasteiger charge is 2.27. The Morgan fingerprint density at radius 2 is 1.74 bits per heavy atom. The summed E-state index contributed by atoms with van der Waals surface area (Å²) in [5.41, 5.74) is 0. The van der Waals surface area contributed by atoms with Crippen LogP contribution >= 0.6 is 0 Å². The molecule has 1 N–H and O–H groups in total. The number of hydrogen-bond donors (Lipinski definition) is 1. The van der Waals surface area contributed by atoms with E-state index in [4.69, 9.17) is 0 Å². The van der Waals surface area contributed by atoms with Crippen LogP contribution in [-0.4, -0.2) is 60.3 Å². The maximum Gasteiger partial charge on any atom is 0.0580 e. The lowest BCUT2D eigenvalue weighted by Crippen LogP contribution is -2.45. The zero-order valence-corrected chi connectivity index (χ0v) is 12.9. The third kappa shape index (κ3) is 4.44. The topological polar surface area (TPSA) is 26.7 Å². The van der Waals surface area contributed by atoms with Crippen LogP contribution in [0.4, 0.5) is 0 Å². The number of hydrogen-bond acceptors (Lipinski definition) is 3. The van der Waals surface area contributed by atoms with E-state index in [2.05, 4.69) is 23.8 Å². The van der Waals surface area contributed by atoms with Crippen molar-refractivity contribution in [1.29, 1.82) is 0 Å². The fourth-order valence-electron chi connectivity index (χ4n) is 3.77. The molecule has 2 fully saturated rings. The SMILES string of the molecule is CCN1CCC(N(C)CC2CCCCCC2O)CC1. The van der Waals surface area contributed by atoms with Gasteiger partial charge in [0.1, 0.15) is 0 Å². The van der Waals surface area contributed by atoms with Crippen molar-refractivity contribution in [3.8, 4) is 0 Å². The summed E-state index contributed by atoms with van der Waals surface area (Å²) in [6.45, 7) is 7.04. The predicted octanol–water partition coefficient (Wildman–Crippen LogP) is 2.34. The van der Waals surface area contributed by atoms with Gasteiger partial charge in [0.2, 0.25) is 0 Å². The summed E-state index contributed by atoms with van der Waals surface area (Å²) in [5.74, 6) is 0.511. The smallest absolute Gasteiger partial charge is 0.0580 e. The van der Waals surface area contributed by atoms with Gasteiger partial charge >= 0.3 is 0 Å². The summed E-state index contributed by atoms with van der Waals surface area (Å²) in [5, 5.41) is 10.2. The standard InChI is InChI=1S/C16H32N2O/c1-3-18-11-9-15(10-12-18)17(2)13-14-7-5-4-6-8-16(14)19/h14-16,19H,3-13H2,1-2H3. The summed E-state index contributed by atoms with van der Waals surface area (Å²) in [6, 6.07) is 0.734. The molecule has 1 heterocycles. The fourth-order valence-corrected chi connectivity index (χ4v) is 3.77. The molecule has 2 atom stereocenters. The second-order valence-electron chi connectivity index (χ2n) is 6.57. The van der Waals surface area contributed by atoms with Gasteiger partial charge in [-0.3, -0.25) is 0 Å². The summed E-state index contributed by atoms with van der Waals surface area (Å²) >= 11 is 0. The predicted molar refractivity (Wildman–Crippen MR) is 80.3 cm³/mol. The minimum Gasteiger partial charge on any atom is -0.393 e. The van der Waals surface area contributed by atoms with Gasteiger partial charge in [-0.05, 0) is 58.3 Å². The molecule has 19 heavy (non-hydrogen) atoms. The van der Waals surface area contributed by atoms with Crippen LogP contribution in [0.15, 0.2) is 0 Å². The van der Waals surface area contributed by atoms with Gasteiger partial charge in [-0.15, -0.1) is 0 Å². The fraction of sp³-hybridized carbons (Fsp3) is 1.00. The van der Waals surface area contributed by atoms with Crippen molar-refractivity contribution in [3.63, 3.8) is 0 Å². The average molecular weight is 268 g/mol. The second-order valence-corrected chi connectivity index (χ2v) is 6.57. The van der Waals surface area contributed by atoms with Crippen molar-refractivity contribution < 1.29 is 5.11 Å². The van der Waals surface area contributed by atoms with E-state index in [1.807, 2.05) is 0 Å². The highest BCUT2D eigenvalue weighted by Crippen LogP contribution is 2.25. The van der Waals surface area contributed by atoms with Crippen molar-refractivity contribution in [2.75, 3.05) is 33.2 Å². The molecule has 0 spiro atoms. The molecule has 0 aromatic rings. The van der Waals surface area contributed by atoms with Crippen LogP contribution in [0.1, 0.15) is 51.9 Å². The first-order chi connectivity index (χ1) is 9.20. The quantitative estimate of drug-likeness (QED) is 0.793. The molecule has 0 amide bonds. The van der Waals surface area contributed by atoms with Gasteiger partial charge in [0.15, 0.2) is 0 Å². The normalized spacial score (nSPS) is 31.6. The van der Waals surface area contributed by atoms with Gasteiger partial charge in [0.05, 0.1) is 6.10 Å². The molecule has 1 saturated carbocycles. The van der Waals surface area contributed by atoms with Crippen molar-refractivity contribution in [2.45, 2.75) is 64.0 Å². The zero-order chi connectivity index (χ0) is 13.7. The Labute approximate surface area is 119 Å². The summed E-state index contributed by atoms with van der Waals surface area (Å²) < 4.78 is 0. The molecule has 0 aromatic heterocycles. The molecule has 112 valence electrons. The summed E-state index contributed by atoms with van der Waals surface area (Å²) in [7, 11) is 2.27. The van der Waals surface area contributed by atoms with Crippen LogP contribution in [0.5, 0.6) is 0 Å². The third-order valence-corrected chi connectivity index (χ3v) is 5.27. The van der Waals surface area contributed by atoms with Crippen molar-refractivity contribution >= 4 is 0 Å². The first-order valence-electron chi connectivity index (χ1n) is 8.31. The van der Waals surface area contributed by atoms with E-state index in [1.165, 1.54) is 58.2 Å². The van der Waals surface area contributed by atoms with Gasteiger partial charge < -0.3 is 14.9 Å². The summed E-state index contributed by atoms with van der Waals surface area (Å²) in [4.78, 5) is 5.08. The Morgan fingerprint density at radius 3 is 2.42 bits per heavy atom. The number of likely N-dealkylation sites (tertiary alicyclic amines) is 1. The Balaban J connectivity index is 1.78. The lowest BCUT2D eigenvalue weighted by atomic mass is 9.95. The minimum atomic E-state index is -0.0549. The van der Waals surface area contributed by atoms with E-state index in [-0.39, 0.29) is 6.10 Å². The molecule has 0 radical (unpaired) electrons. The van der Waals surface area contributed by atoms with Crippen LogP contribution < -0.4 is 0 Å². The van der Waals surface area contributed by atoms with E-state index in [9.17, 15) is 5.11 Å². The maximum atomic E-state index is 10.2. The highest BCUT2D eigenvalue weighted by molar-refractivity contribution is 4.81. The largest absolute Gasteiger partial charge is 0.393 e. The van der Waals surface area contributed by atoms with E-state index < -0.39 is 0 Å². The first-order valence-corrected chi connectivity index (χ1v) is 8.31. The average Bonchev–Trinajstić information content (AvgIpc) is 2.64. The molecule has 2 rings (SSSR count). The van der Waals surface area contributed by atoms with Gasteiger partial charge in [0.25, 0.3) is 0 Å². The van der Waals surface area contributed by atoms with Gasteiger partial charge in [-0.2, -0.15) is 0 Å². The van der Waals surface area contributed by atoms with Crippen molar-refractivity contribution in [2.24, 2.45) is 5.92 Å². The van der Waals surface area contributed by atoms with Crippen LogP contribution in [0, 0.1) is 5.92 Å². The Morgan fingerprint density at radius 1 is 1.05 bits per heavy atom. The van der Waals surface area contributed by atoms with Crippen LogP contribution in [-0.2, 0) is 0 Å². The molecular formula is C16H32N2O. The zero-order valence-electron chi connectivity index (χ0n) is 12.9. The Hall–Kier alpha value is -0.120. The van der Waals surface area contributed by atoms with Crippen LogP contribution in [0.2, 0.25) is 0 Å². The third-order valence-electron chi connectivity index (χ3n) is 5.27. The lowest BCUT2D eigenvalue weighted by Gasteiger charge is -2.38. The Bertz CT molecular complexity index is 251. The molecule has 1 aliphatic heterocycles.